The highest BCUT2D eigenvalue weighted by Crippen LogP contribution is 2.28. The van der Waals surface area contributed by atoms with Crippen LogP contribution in [0.5, 0.6) is 0 Å². The fraction of sp³-hybridized carbons (Fsp3) is 0.600. The fourth-order valence-electron chi connectivity index (χ4n) is 2.84. The second-order valence-corrected chi connectivity index (χ2v) is 5.13. The lowest BCUT2D eigenvalue weighted by atomic mass is 10.0. The number of nitrogens with zero attached hydrogens (tertiary/aromatic N) is 3. The minimum Gasteiger partial charge on any atom is -0.396 e. The number of aromatic nitrogens is 1. The van der Waals surface area contributed by atoms with Crippen LogP contribution in [0, 0.1) is 0 Å². The zero-order valence-electron chi connectivity index (χ0n) is 12.4. The van der Waals surface area contributed by atoms with Crippen molar-refractivity contribution in [2.45, 2.75) is 39.2 Å². The third kappa shape index (κ3) is 2.86. The molecule has 110 valence electrons. The van der Waals surface area contributed by atoms with E-state index in [1.807, 2.05) is 30.9 Å². The summed E-state index contributed by atoms with van der Waals surface area (Å²) in [6.45, 7) is 6.38. The average molecular weight is 276 g/mol. The maximum absolute atomic E-state index is 12.7. The van der Waals surface area contributed by atoms with Gasteiger partial charge in [0.25, 0.3) is 0 Å². The molecule has 0 unspecified atom stereocenters. The van der Waals surface area contributed by atoms with Gasteiger partial charge in [0.15, 0.2) is 5.82 Å². The highest BCUT2D eigenvalue weighted by molar-refractivity contribution is 5.86. The van der Waals surface area contributed by atoms with Gasteiger partial charge >= 0.3 is 0 Å². The van der Waals surface area contributed by atoms with Crippen molar-refractivity contribution in [2.24, 2.45) is 0 Å². The van der Waals surface area contributed by atoms with E-state index in [-0.39, 0.29) is 11.9 Å². The maximum atomic E-state index is 12.7. The number of rotatable bonds is 4. The molecule has 0 aliphatic carbocycles. The Morgan fingerprint density at radius 1 is 1.45 bits per heavy atom. The predicted octanol–water partition coefficient (Wildman–Crippen LogP) is 1.89. The minimum atomic E-state index is -0.124. The summed E-state index contributed by atoms with van der Waals surface area (Å²) in [7, 11) is 0. The van der Waals surface area contributed by atoms with Crippen molar-refractivity contribution in [2.75, 3.05) is 30.3 Å². The third-order valence-corrected chi connectivity index (χ3v) is 3.95. The first-order chi connectivity index (χ1) is 9.69. The van der Waals surface area contributed by atoms with E-state index in [0.717, 1.165) is 44.7 Å². The van der Waals surface area contributed by atoms with E-state index in [9.17, 15) is 4.79 Å². The van der Waals surface area contributed by atoms with Crippen molar-refractivity contribution in [1.82, 2.24) is 9.88 Å². The number of carbonyl (C=O) groups excluding carboxylic acids is 1. The number of amides is 1. The minimum absolute atomic E-state index is 0.124. The van der Waals surface area contributed by atoms with Crippen molar-refractivity contribution in [3.63, 3.8) is 0 Å². The molecule has 2 heterocycles. The Balaban J connectivity index is 2.26. The zero-order valence-corrected chi connectivity index (χ0v) is 12.4. The molecule has 1 aliphatic rings. The number of likely N-dealkylation sites (N-methyl/N-ethyl adjacent to an activating group) is 1. The smallest absolute Gasteiger partial charge is 0.245 e. The molecular weight excluding hydrogens is 252 g/mol. The van der Waals surface area contributed by atoms with E-state index >= 15 is 0 Å². The molecule has 0 bridgehead atoms. The van der Waals surface area contributed by atoms with Crippen LogP contribution in [0.3, 0.4) is 0 Å². The number of hydrogen-bond donors (Lipinski definition) is 1. The summed E-state index contributed by atoms with van der Waals surface area (Å²) in [5.74, 6) is 0.942. The molecule has 1 atom stereocenters. The van der Waals surface area contributed by atoms with Crippen molar-refractivity contribution >= 4 is 17.4 Å². The van der Waals surface area contributed by atoms with Crippen molar-refractivity contribution in [3.8, 4) is 0 Å². The lowest BCUT2D eigenvalue weighted by Gasteiger charge is -2.38. The number of piperidine rings is 1. The molecule has 0 saturated carbocycles. The molecule has 1 saturated heterocycles. The SMILES string of the molecule is CCN(CC)C(=O)[C@H]1CCCCN1c1ncccc1N. The lowest BCUT2D eigenvalue weighted by Crippen LogP contribution is -2.51. The molecule has 1 fully saturated rings. The number of nitrogen functional groups attached to an aromatic ring is 1. The Kier molecular flexibility index (Phi) is 4.82. The summed E-state index contributed by atoms with van der Waals surface area (Å²) in [6.07, 6.45) is 4.78. The van der Waals surface area contributed by atoms with Crippen LogP contribution in [-0.2, 0) is 4.79 Å². The first-order valence-electron chi connectivity index (χ1n) is 7.45. The molecule has 20 heavy (non-hydrogen) atoms. The van der Waals surface area contributed by atoms with E-state index in [1.165, 1.54) is 0 Å². The number of hydrogen-bond acceptors (Lipinski definition) is 4. The standard InChI is InChI=1S/C15H24N4O/c1-3-18(4-2)15(20)13-9-5-6-11-19(13)14-12(16)8-7-10-17-14/h7-8,10,13H,3-6,9,11,16H2,1-2H3/t13-/m1/s1. The van der Waals surface area contributed by atoms with Crippen LogP contribution >= 0.6 is 0 Å². The van der Waals surface area contributed by atoms with E-state index in [4.69, 9.17) is 5.73 Å². The molecule has 2 N–H and O–H groups in total. The number of carbonyl (C=O) groups is 1. The number of anilines is 2. The largest absolute Gasteiger partial charge is 0.396 e. The van der Waals surface area contributed by atoms with Crippen molar-refractivity contribution < 1.29 is 4.79 Å². The second-order valence-electron chi connectivity index (χ2n) is 5.13. The van der Waals surface area contributed by atoms with E-state index < -0.39 is 0 Å². The first-order valence-corrected chi connectivity index (χ1v) is 7.45. The molecule has 2 rings (SSSR count). The van der Waals surface area contributed by atoms with Gasteiger partial charge < -0.3 is 15.5 Å². The van der Waals surface area contributed by atoms with Crippen molar-refractivity contribution in [3.05, 3.63) is 18.3 Å². The highest BCUT2D eigenvalue weighted by Gasteiger charge is 2.32. The van der Waals surface area contributed by atoms with Crippen LogP contribution in [0.25, 0.3) is 0 Å². The van der Waals surface area contributed by atoms with E-state index in [0.29, 0.717) is 5.69 Å². The van der Waals surface area contributed by atoms with Gasteiger partial charge in [0.1, 0.15) is 6.04 Å². The van der Waals surface area contributed by atoms with Crippen LogP contribution in [-0.4, -0.2) is 41.5 Å². The number of nitrogens with two attached hydrogens (primary N) is 1. The molecule has 0 aromatic carbocycles. The van der Waals surface area contributed by atoms with Gasteiger partial charge in [-0.3, -0.25) is 4.79 Å². The maximum Gasteiger partial charge on any atom is 0.245 e. The molecule has 5 heteroatoms. The molecule has 1 aromatic heterocycles. The monoisotopic (exact) mass is 276 g/mol. The fourth-order valence-corrected chi connectivity index (χ4v) is 2.84. The summed E-state index contributed by atoms with van der Waals surface area (Å²) < 4.78 is 0. The molecule has 5 nitrogen and oxygen atoms in total. The summed E-state index contributed by atoms with van der Waals surface area (Å²) in [5.41, 5.74) is 6.67. The Bertz CT molecular complexity index is 459. The zero-order chi connectivity index (χ0) is 14.5. The van der Waals surface area contributed by atoms with Crippen LogP contribution in [0.2, 0.25) is 0 Å². The van der Waals surface area contributed by atoms with Gasteiger partial charge in [-0.05, 0) is 45.2 Å². The van der Waals surface area contributed by atoms with Crippen LogP contribution in [0.1, 0.15) is 33.1 Å². The third-order valence-electron chi connectivity index (χ3n) is 3.95. The van der Waals surface area contributed by atoms with Gasteiger partial charge in [0.2, 0.25) is 5.91 Å². The molecule has 1 aliphatic heterocycles. The van der Waals surface area contributed by atoms with Crippen LogP contribution < -0.4 is 10.6 Å². The van der Waals surface area contributed by atoms with E-state index in [1.54, 1.807) is 6.20 Å². The van der Waals surface area contributed by atoms with Gasteiger partial charge in [0.05, 0.1) is 5.69 Å². The average Bonchev–Trinajstić information content (AvgIpc) is 2.49. The Morgan fingerprint density at radius 2 is 2.20 bits per heavy atom. The predicted molar refractivity (Wildman–Crippen MR) is 81.6 cm³/mol. The molecule has 1 aromatic rings. The van der Waals surface area contributed by atoms with Gasteiger partial charge in [-0.15, -0.1) is 0 Å². The van der Waals surface area contributed by atoms with Crippen molar-refractivity contribution in [1.29, 1.82) is 0 Å². The summed E-state index contributed by atoms with van der Waals surface area (Å²) in [5, 5.41) is 0. The van der Waals surface area contributed by atoms with Gasteiger partial charge in [-0.1, -0.05) is 0 Å². The number of pyridine rings is 1. The first kappa shape index (κ1) is 14.6. The quantitative estimate of drug-likeness (QED) is 0.912. The van der Waals surface area contributed by atoms with Gasteiger partial charge in [0, 0.05) is 25.8 Å². The Hall–Kier alpha value is -1.78. The molecule has 1 amide bonds. The summed E-state index contributed by atoms with van der Waals surface area (Å²) in [6, 6.07) is 3.54. The Labute approximate surface area is 120 Å². The van der Waals surface area contributed by atoms with E-state index in [2.05, 4.69) is 9.88 Å². The second kappa shape index (κ2) is 6.59. The molecular formula is C15H24N4O. The summed E-state index contributed by atoms with van der Waals surface area (Å²) in [4.78, 5) is 21.0. The lowest BCUT2D eigenvalue weighted by molar-refractivity contribution is -0.132. The topological polar surface area (TPSA) is 62.5 Å². The molecule has 0 radical (unpaired) electrons. The normalized spacial score (nSPS) is 18.9. The summed E-state index contributed by atoms with van der Waals surface area (Å²) >= 11 is 0. The Morgan fingerprint density at radius 3 is 2.85 bits per heavy atom. The van der Waals surface area contributed by atoms with Crippen LogP contribution in [0.15, 0.2) is 18.3 Å². The molecule has 0 spiro atoms. The van der Waals surface area contributed by atoms with Gasteiger partial charge in [-0.2, -0.15) is 0 Å². The van der Waals surface area contributed by atoms with Crippen LogP contribution in [0.4, 0.5) is 11.5 Å². The van der Waals surface area contributed by atoms with Gasteiger partial charge in [-0.25, -0.2) is 4.98 Å². The highest BCUT2D eigenvalue weighted by atomic mass is 16.2.